The predicted molar refractivity (Wildman–Crippen MR) is 136 cm³/mol. The fraction of sp³-hybridized carbons (Fsp3) is 0.448. The first kappa shape index (κ1) is 21.4. The lowest BCUT2D eigenvalue weighted by molar-refractivity contribution is 0.335. The number of rotatable bonds is 2. The summed E-state index contributed by atoms with van der Waals surface area (Å²) in [5.41, 5.74) is 7.76. The van der Waals surface area contributed by atoms with Crippen molar-refractivity contribution in [1.82, 2.24) is 0 Å². The maximum absolute atomic E-state index is 2.60. The molecule has 0 fully saturated rings. The van der Waals surface area contributed by atoms with Gasteiger partial charge in [-0.25, -0.2) is 0 Å². The van der Waals surface area contributed by atoms with Crippen molar-refractivity contribution < 1.29 is 0 Å². The fourth-order valence-corrected chi connectivity index (χ4v) is 9.98. The molecule has 0 aromatic heterocycles. The van der Waals surface area contributed by atoms with Crippen LogP contribution in [-0.4, -0.2) is 8.07 Å². The highest BCUT2D eigenvalue weighted by atomic mass is 28.3. The zero-order chi connectivity index (χ0) is 22.1. The van der Waals surface area contributed by atoms with Gasteiger partial charge in [-0.3, -0.25) is 0 Å². The van der Waals surface area contributed by atoms with E-state index in [0.717, 1.165) is 6.42 Å². The summed E-state index contributed by atoms with van der Waals surface area (Å²) in [6.07, 6.45) is 15.6. The molecule has 3 aliphatic carbocycles. The molecule has 0 radical (unpaired) electrons. The van der Waals surface area contributed by atoms with Crippen molar-refractivity contribution in [3.63, 3.8) is 0 Å². The molecular formula is C29H38Si. The molecule has 0 aliphatic heterocycles. The molecule has 4 rings (SSSR count). The maximum atomic E-state index is 2.60. The fourth-order valence-electron chi connectivity index (χ4n) is 6.10. The van der Waals surface area contributed by atoms with Crippen molar-refractivity contribution in [2.75, 3.05) is 0 Å². The summed E-state index contributed by atoms with van der Waals surface area (Å²) < 4.78 is 0. The number of allylic oxidation sites excluding steroid dienone is 8. The van der Waals surface area contributed by atoms with E-state index in [9.17, 15) is 0 Å². The molecule has 1 atom stereocenters. The standard InChI is InChI=1S/C29H38Si/c1-27(2,3)22-14-15-23-21(18-22)19-25-24(23)16-17-29(28(4,5)6,30(7,8)9)26(25)20-12-10-11-13-20/h10-12,14-19H,13H2,1-9H3. The molecule has 1 aromatic rings. The van der Waals surface area contributed by atoms with Gasteiger partial charge in [0.2, 0.25) is 0 Å². The van der Waals surface area contributed by atoms with E-state index in [1.54, 1.807) is 5.57 Å². The molecule has 0 heterocycles. The van der Waals surface area contributed by atoms with E-state index in [-0.39, 0.29) is 15.9 Å². The second kappa shape index (κ2) is 6.57. The Morgan fingerprint density at radius 2 is 1.63 bits per heavy atom. The average molecular weight is 415 g/mol. The summed E-state index contributed by atoms with van der Waals surface area (Å²) in [7, 11) is -1.62. The highest BCUT2D eigenvalue weighted by Gasteiger charge is 2.54. The Labute approximate surface area is 184 Å². The molecule has 0 saturated carbocycles. The van der Waals surface area contributed by atoms with Crippen LogP contribution >= 0.6 is 0 Å². The first-order chi connectivity index (χ1) is 13.8. The second-order valence-corrected chi connectivity index (χ2v) is 17.7. The van der Waals surface area contributed by atoms with Crippen LogP contribution in [0.4, 0.5) is 0 Å². The van der Waals surface area contributed by atoms with Gasteiger partial charge < -0.3 is 0 Å². The van der Waals surface area contributed by atoms with Crippen molar-refractivity contribution in [2.45, 2.75) is 78.1 Å². The number of benzene rings is 1. The Morgan fingerprint density at radius 3 is 2.17 bits per heavy atom. The lowest BCUT2D eigenvalue weighted by Gasteiger charge is -2.55. The Kier molecular flexibility index (Phi) is 4.68. The summed E-state index contributed by atoms with van der Waals surface area (Å²) >= 11 is 0. The third kappa shape index (κ3) is 3.00. The van der Waals surface area contributed by atoms with Gasteiger partial charge in [0.25, 0.3) is 0 Å². The van der Waals surface area contributed by atoms with Gasteiger partial charge in [0.15, 0.2) is 0 Å². The Balaban J connectivity index is 2.10. The van der Waals surface area contributed by atoms with Gasteiger partial charge in [0, 0.05) is 5.04 Å². The van der Waals surface area contributed by atoms with E-state index < -0.39 is 8.07 Å². The number of hydrogen-bond acceptors (Lipinski definition) is 0. The molecule has 1 heteroatoms. The molecule has 1 unspecified atom stereocenters. The Bertz CT molecular complexity index is 1130. The summed E-state index contributed by atoms with van der Waals surface area (Å²) in [5, 5.41) is 2.89. The molecule has 0 spiro atoms. The van der Waals surface area contributed by atoms with Crippen LogP contribution in [0.2, 0.25) is 24.7 Å². The van der Waals surface area contributed by atoms with E-state index in [1.165, 1.54) is 32.7 Å². The lowest BCUT2D eigenvalue weighted by atomic mass is 9.68. The van der Waals surface area contributed by atoms with E-state index in [1.807, 2.05) is 0 Å². The van der Waals surface area contributed by atoms with Crippen LogP contribution in [0.25, 0.3) is 11.6 Å². The van der Waals surface area contributed by atoms with Crippen LogP contribution < -0.4 is 10.4 Å². The van der Waals surface area contributed by atoms with Crippen LogP contribution in [0.5, 0.6) is 0 Å². The topological polar surface area (TPSA) is 0 Å². The minimum Gasteiger partial charge on any atom is -0.0801 e. The SMILES string of the molecule is CC(C)(C)c1ccc2c(c1)=CC1=C(C3=CC=CC3)C(C(C)(C)C)([Si](C)(C)C)C=CC=21. The predicted octanol–water partition coefficient (Wildman–Crippen LogP) is 6.81. The molecule has 0 saturated heterocycles. The first-order valence-electron chi connectivity index (χ1n) is 11.4. The van der Waals surface area contributed by atoms with Crippen molar-refractivity contribution in [2.24, 2.45) is 5.41 Å². The largest absolute Gasteiger partial charge is 0.0801 e. The van der Waals surface area contributed by atoms with Gasteiger partial charge in [-0.15, -0.1) is 0 Å². The van der Waals surface area contributed by atoms with Crippen LogP contribution in [0, 0.1) is 5.41 Å². The van der Waals surface area contributed by atoms with Gasteiger partial charge in [-0.05, 0) is 61.6 Å². The third-order valence-corrected chi connectivity index (χ3v) is 11.0. The van der Waals surface area contributed by atoms with Crippen LogP contribution in [0.3, 0.4) is 0 Å². The van der Waals surface area contributed by atoms with Crippen molar-refractivity contribution in [3.05, 3.63) is 81.3 Å². The minimum absolute atomic E-state index is 0.0993. The van der Waals surface area contributed by atoms with E-state index >= 15 is 0 Å². The minimum atomic E-state index is -1.62. The summed E-state index contributed by atoms with van der Waals surface area (Å²) in [5.74, 6) is 0. The molecule has 0 N–H and O–H groups in total. The number of hydrogen-bond donors (Lipinski definition) is 0. The molecule has 30 heavy (non-hydrogen) atoms. The second-order valence-electron chi connectivity index (χ2n) is 12.4. The van der Waals surface area contributed by atoms with Crippen LogP contribution in [0.15, 0.2) is 65.3 Å². The van der Waals surface area contributed by atoms with E-state index in [0.29, 0.717) is 0 Å². The Hall–Kier alpha value is -1.86. The van der Waals surface area contributed by atoms with E-state index in [4.69, 9.17) is 0 Å². The van der Waals surface area contributed by atoms with Crippen LogP contribution in [0.1, 0.15) is 53.5 Å². The molecule has 0 nitrogen and oxygen atoms in total. The molecule has 0 bridgehead atoms. The van der Waals surface area contributed by atoms with Crippen LogP contribution in [-0.2, 0) is 5.41 Å². The van der Waals surface area contributed by atoms with Gasteiger partial charge >= 0.3 is 0 Å². The maximum Gasteiger partial charge on any atom is 0.0611 e. The lowest BCUT2D eigenvalue weighted by Crippen LogP contribution is -2.49. The van der Waals surface area contributed by atoms with Crippen molar-refractivity contribution in [1.29, 1.82) is 0 Å². The zero-order valence-corrected chi connectivity index (χ0v) is 21.4. The molecule has 3 aliphatic rings. The van der Waals surface area contributed by atoms with Gasteiger partial charge in [-0.1, -0.05) is 110 Å². The molecule has 1 aromatic carbocycles. The average Bonchev–Trinajstić information content (AvgIpc) is 3.24. The Morgan fingerprint density at radius 1 is 0.933 bits per heavy atom. The quantitative estimate of drug-likeness (QED) is 0.466. The zero-order valence-electron chi connectivity index (χ0n) is 20.4. The van der Waals surface area contributed by atoms with Gasteiger partial charge in [-0.2, -0.15) is 0 Å². The first-order valence-corrected chi connectivity index (χ1v) is 14.9. The van der Waals surface area contributed by atoms with Gasteiger partial charge in [0.1, 0.15) is 0 Å². The molecule has 0 amide bonds. The van der Waals surface area contributed by atoms with Crippen molar-refractivity contribution in [3.8, 4) is 0 Å². The van der Waals surface area contributed by atoms with Crippen molar-refractivity contribution >= 4 is 19.7 Å². The monoisotopic (exact) mass is 414 g/mol. The summed E-state index contributed by atoms with van der Waals surface area (Å²) in [6.45, 7) is 21.9. The normalized spacial score (nSPS) is 23.5. The highest BCUT2D eigenvalue weighted by Crippen LogP contribution is 2.64. The summed E-state index contributed by atoms with van der Waals surface area (Å²) in [4.78, 5) is 0. The number of fused-ring (bicyclic) bond motifs is 2. The molecule has 158 valence electrons. The third-order valence-electron chi connectivity index (χ3n) is 7.42. The molecular weight excluding hydrogens is 376 g/mol. The highest BCUT2D eigenvalue weighted by molar-refractivity contribution is 6.80. The van der Waals surface area contributed by atoms with Gasteiger partial charge in [0.05, 0.1) is 8.07 Å². The van der Waals surface area contributed by atoms with E-state index in [2.05, 4.69) is 116 Å². The smallest absolute Gasteiger partial charge is 0.0611 e. The summed E-state index contributed by atoms with van der Waals surface area (Å²) in [6, 6.07) is 7.11.